The van der Waals surface area contributed by atoms with E-state index in [-0.39, 0.29) is 6.54 Å². The normalized spacial score (nSPS) is 10.2. The van der Waals surface area contributed by atoms with Crippen LogP contribution in [-0.2, 0) is 16.1 Å². The van der Waals surface area contributed by atoms with E-state index >= 15 is 0 Å². The molecule has 2 heterocycles. The molecule has 0 bridgehead atoms. The fourth-order valence-corrected chi connectivity index (χ4v) is 2.03. The number of nitrogens with zero attached hydrogens (tertiary/aromatic N) is 4. The summed E-state index contributed by atoms with van der Waals surface area (Å²) in [6.07, 6.45) is 6.35. The maximum absolute atomic E-state index is 12.0. The van der Waals surface area contributed by atoms with Gasteiger partial charge in [0.25, 0.3) is 0 Å². The first-order valence-corrected chi connectivity index (χ1v) is 7.15. The van der Waals surface area contributed by atoms with Crippen molar-refractivity contribution >= 4 is 17.5 Å². The molecule has 1 aromatic carbocycles. The fraction of sp³-hybridized carbons (Fsp3) is 0.0625. The third-order valence-corrected chi connectivity index (χ3v) is 3.20. The zero-order valence-electron chi connectivity index (χ0n) is 12.6. The molecule has 2 N–H and O–H groups in total. The van der Waals surface area contributed by atoms with Crippen LogP contribution < -0.4 is 10.6 Å². The van der Waals surface area contributed by atoms with Gasteiger partial charge in [-0.25, -0.2) is 0 Å². The number of carbonyl (C=O) groups is 2. The summed E-state index contributed by atoms with van der Waals surface area (Å²) in [5.41, 5.74) is 2.09. The van der Waals surface area contributed by atoms with E-state index in [1.165, 1.54) is 0 Å². The van der Waals surface area contributed by atoms with Crippen molar-refractivity contribution in [3.05, 3.63) is 67.0 Å². The molecule has 2 aromatic heterocycles. The van der Waals surface area contributed by atoms with Gasteiger partial charge in [0, 0.05) is 24.6 Å². The molecule has 2 amide bonds. The van der Waals surface area contributed by atoms with Crippen molar-refractivity contribution in [3.8, 4) is 5.69 Å². The lowest BCUT2D eigenvalue weighted by molar-refractivity contribution is -0.136. The van der Waals surface area contributed by atoms with Crippen LogP contribution in [0.3, 0.4) is 0 Å². The summed E-state index contributed by atoms with van der Waals surface area (Å²) in [6.45, 7) is 0.237. The Morgan fingerprint density at radius 1 is 1.04 bits per heavy atom. The molecule has 8 nitrogen and oxygen atoms in total. The topological polar surface area (TPSA) is 102 Å². The molecule has 0 spiro atoms. The number of hydrogen-bond donors (Lipinski definition) is 2. The van der Waals surface area contributed by atoms with Gasteiger partial charge in [0.15, 0.2) is 0 Å². The predicted octanol–water partition coefficient (Wildman–Crippen LogP) is 0.917. The van der Waals surface area contributed by atoms with Gasteiger partial charge in [0.05, 0.1) is 5.69 Å². The lowest BCUT2D eigenvalue weighted by atomic mass is 10.2. The van der Waals surface area contributed by atoms with E-state index < -0.39 is 11.8 Å². The highest BCUT2D eigenvalue weighted by atomic mass is 16.2. The summed E-state index contributed by atoms with van der Waals surface area (Å²) >= 11 is 0. The Morgan fingerprint density at radius 2 is 1.88 bits per heavy atom. The highest BCUT2D eigenvalue weighted by Gasteiger charge is 2.13. The first kappa shape index (κ1) is 15.3. The standard InChI is InChI=1S/C16H14N6O2/c23-15(18-9-12-3-2-6-17-8-12)16(24)21-13-4-1-5-14(7-13)22-10-19-20-11-22/h1-8,10-11H,9H2,(H,18,23)(H,21,24). The highest BCUT2D eigenvalue weighted by molar-refractivity contribution is 6.39. The van der Waals surface area contributed by atoms with Crippen LogP contribution in [0.4, 0.5) is 5.69 Å². The number of benzene rings is 1. The molecule has 3 aromatic rings. The Labute approximate surface area is 137 Å². The molecular weight excluding hydrogens is 308 g/mol. The monoisotopic (exact) mass is 322 g/mol. The van der Waals surface area contributed by atoms with Crippen LogP contribution in [0.5, 0.6) is 0 Å². The predicted molar refractivity (Wildman–Crippen MR) is 86.1 cm³/mol. The molecule has 0 aliphatic rings. The van der Waals surface area contributed by atoms with E-state index in [9.17, 15) is 9.59 Å². The lowest BCUT2D eigenvalue weighted by Crippen LogP contribution is -2.35. The van der Waals surface area contributed by atoms with Gasteiger partial charge in [0.1, 0.15) is 12.7 Å². The quantitative estimate of drug-likeness (QED) is 0.695. The average Bonchev–Trinajstić information content (AvgIpc) is 3.15. The third kappa shape index (κ3) is 3.80. The summed E-state index contributed by atoms with van der Waals surface area (Å²) < 4.78 is 1.69. The van der Waals surface area contributed by atoms with Crippen LogP contribution >= 0.6 is 0 Å². The average molecular weight is 322 g/mol. The lowest BCUT2D eigenvalue weighted by Gasteiger charge is -2.08. The summed E-state index contributed by atoms with van der Waals surface area (Å²) in [7, 11) is 0. The number of aromatic nitrogens is 4. The van der Waals surface area contributed by atoms with Gasteiger partial charge in [-0.1, -0.05) is 12.1 Å². The van der Waals surface area contributed by atoms with Gasteiger partial charge in [-0.05, 0) is 29.8 Å². The second-order valence-corrected chi connectivity index (χ2v) is 4.92. The molecule has 24 heavy (non-hydrogen) atoms. The Morgan fingerprint density at radius 3 is 2.62 bits per heavy atom. The van der Waals surface area contributed by atoms with Crippen molar-refractivity contribution in [2.75, 3.05) is 5.32 Å². The van der Waals surface area contributed by atoms with Gasteiger partial charge in [-0.15, -0.1) is 10.2 Å². The van der Waals surface area contributed by atoms with Crippen LogP contribution in [0, 0.1) is 0 Å². The number of pyridine rings is 1. The van der Waals surface area contributed by atoms with E-state index in [2.05, 4.69) is 25.8 Å². The van der Waals surface area contributed by atoms with E-state index in [1.807, 2.05) is 12.1 Å². The molecule has 0 unspecified atom stereocenters. The number of amides is 2. The zero-order valence-corrected chi connectivity index (χ0v) is 12.6. The van der Waals surface area contributed by atoms with Crippen LogP contribution in [0.15, 0.2) is 61.4 Å². The minimum absolute atomic E-state index is 0.237. The van der Waals surface area contributed by atoms with Gasteiger partial charge in [-0.3, -0.25) is 19.1 Å². The zero-order chi connectivity index (χ0) is 16.8. The summed E-state index contributed by atoms with van der Waals surface area (Å²) in [5, 5.41) is 12.6. The molecule has 0 aliphatic carbocycles. The van der Waals surface area contributed by atoms with Crippen molar-refractivity contribution in [1.82, 2.24) is 25.1 Å². The summed E-state index contributed by atoms with van der Waals surface area (Å²) in [4.78, 5) is 27.8. The number of hydrogen-bond acceptors (Lipinski definition) is 5. The van der Waals surface area contributed by atoms with Crippen LogP contribution in [-0.4, -0.2) is 31.6 Å². The highest BCUT2D eigenvalue weighted by Crippen LogP contribution is 2.13. The molecule has 0 fully saturated rings. The largest absolute Gasteiger partial charge is 0.344 e. The SMILES string of the molecule is O=C(NCc1cccnc1)C(=O)Nc1cccc(-n2cnnc2)c1. The second-order valence-electron chi connectivity index (χ2n) is 4.92. The molecule has 120 valence electrons. The first-order chi connectivity index (χ1) is 11.7. The maximum Gasteiger partial charge on any atom is 0.313 e. The second kappa shape index (κ2) is 7.14. The van der Waals surface area contributed by atoms with Gasteiger partial charge < -0.3 is 10.6 Å². The molecule has 0 atom stereocenters. The minimum Gasteiger partial charge on any atom is -0.344 e. The van der Waals surface area contributed by atoms with E-state index in [1.54, 1.807) is 53.9 Å². The molecule has 3 rings (SSSR count). The fourth-order valence-electron chi connectivity index (χ4n) is 2.03. The van der Waals surface area contributed by atoms with Crippen LogP contribution in [0.25, 0.3) is 5.69 Å². The third-order valence-electron chi connectivity index (χ3n) is 3.20. The van der Waals surface area contributed by atoms with Gasteiger partial charge in [0.2, 0.25) is 0 Å². The molecule has 0 saturated heterocycles. The Hall–Kier alpha value is -3.55. The number of anilines is 1. The Balaban J connectivity index is 1.60. The first-order valence-electron chi connectivity index (χ1n) is 7.15. The van der Waals surface area contributed by atoms with Crippen molar-refractivity contribution in [3.63, 3.8) is 0 Å². The van der Waals surface area contributed by atoms with Crippen molar-refractivity contribution in [2.24, 2.45) is 0 Å². The van der Waals surface area contributed by atoms with E-state index in [0.717, 1.165) is 11.3 Å². The van der Waals surface area contributed by atoms with Crippen molar-refractivity contribution < 1.29 is 9.59 Å². The molecule has 0 radical (unpaired) electrons. The number of rotatable bonds is 4. The number of carbonyl (C=O) groups excluding carboxylic acids is 2. The van der Waals surface area contributed by atoms with Crippen molar-refractivity contribution in [1.29, 1.82) is 0 Å². The van der Waals surface area contributed by atoms with Crippen LogP contribution in [0.1, 0.15) is 5.56 Å². The molecular formula is C16H14N6O2. The summed E-state index contributed by atoms with van der Waals surface area (Å²) in [6, 6.07) is 10.6. The molecule has 8 heteroatoms. The van der Waals surface area contributed by atoms with E-state index in [4.69, 9.17) is 0 Å². The van der Waals surface area contributed by atoms with Gasteiger partial charge >= 0.3 is 11.8 Å². The maximum atomic E-state index is 12.0. The smallest absolute Gasteiger partial charge is 0.313 e. The molecule has 0 aliphatic heterocycles. The number of nitrogens with one attached hydrogen (secondary N) is 2. The minimum atomic E-state index is -0.736. The summed E-state index contributed by atoms with van der Waals surface area (Å²) in [5.74, 6) is -1.45. The Bertz CT molecular complexity index is 833. The molecule has 0 saturated carbocycles. The van der Waals surface area contributed by atoms with Gasteiger partial charge in [-0.2, -0.15) is 0 Å². The Kier molecular flexibility index (Phi) is 4.57. The van der Waals surface area contributed by atoms with Crippen molar-refractivity contribution in [2.45, 2.75) is 6.54 Å². The van der Waals surface area contributed by atoms with Crippen LogP contribution in [0.2, 0.25) is 0 Å². The van der Waals surface area contributed by atoms with E-state index in [0.29, 0.717) is 5.69 Å².